The van der Waals surface area contributed by atoms with Crippen molar-refractivity contribution in [1.82, 2.24) is 0 Å². The van der Waals surface area contributed by atoms with Crippen LogP contribution in [0.1, 0.15) is 11.1 Å². The summed E-state index contributed by atoms with van der Waals surface area (Å²) in [5.74, 6) is 1.61. The standard InChI is InChI=1S/C14H12BrClO/c1-9-3-4-10(2)14(7-9)17-11-5-6-12(15)13(16)8-11/h3-8H,1-2H3. The molecule has 0 fully saturated rings. The summed E-state index contributed by atoms with van der Waals surface area (Å²) in [4.78, 5) is 0. The van der Waals surface area contributed by atoms with Crippen LogP contribution in [0.15, 0.2) is 40.9 Å². The smallest absolute Gasteiger partial charge is 0.130 e. The highest BCUT2D eigenvalue weighted by atomic mass is 79.9. The van der Waals surface area contributed by atoms with Crippen molar-refractivity contribution < 1.29 is 4.74 Å². The van der Waals surface area contributed by atoms with E-state index in [0.717, 1.165) is 21.5 Å². The van der Waals surface area contributed by atoms with E-state index in [9.17, 15) is 0 Å². The molecule has 0 aliphatic heterocycles. The van der Waals surface area contributed by atoms with Crippen molar-refractivity contribution in [2.45, 2.75) is 13.8 Å². The van der Waals surface area contributed by atoms with Gasteiger partial charge in [0.05, 0.1) is 5.02 Å². The van der Waals surface area contributed by atoms with Crippen LogP contribution in [0, 0.1) is 13.8 Å². The Hall–Kier alpha value is -0.990. The second-order valence-corrected chi connectivity index (χ2v) is 5.21. The summed E-state index contributed by atoms with van der Waals surface area (Å²) < 4.78 is 6.69. The Kier molecular flexibility index (Phi) is 3.75. The molecule has 88 valence electrons. The molecule has 0 N–H and O–H groups in total. The number of hydrogen-bond acceptors (Lipinski definition) is 1. The highest BCUT2D eigenvalue weighted by Crippen LogP contribution is 2.31. The van der Waals surface area contributed by atoms with Crippen LogP contribution in [0.5, 0.6) is 11.5 Å². The topological polar surface area (TPSA) is 9.23 Å². The molecule has 0 aromatic heterocycles. The van der Waals surface area contributed by atoms with Crippen LogP contribution in [0.2, 0.25) is 5.02 Å². The predicted octanol–water partition coefficient (Wildman–Crippen LogP) is 5.51. The molecule has 3 heteroatoms. The van der Waals surface area contributed by atoms with Gasteiger partial charge in [0.15, 0.2) is 0 Å². The highest BCUT2D eigenvalue weighted by Gasteiger charge is 2.04. The van der Waals surface area contributed by atoms with Gasteiger partial charge in [0.25, 0.3) is 0 Å². The molecule has 0 saturated heterocycles. The number of ether oxygens (including phenoxy) is 1. The molecule has 0 unspecified atom stereocenters. The van der Waals surface area contributed by atoms with Crippen LogP contribution in [0.3, 0.4) is 0 Å². The maximum Gasteiger partial charge on any atom is 0.130 e. The maximum absolute atomic E-state index is 6.02. The van der Waals surface area contributed by atoms with Gasteiger partial charge in [-0.3, -0.25) is 0 Å². The molecule has 0 bridgehead atoms. The van der Waals surface area contributed by atoms with Gasteiger partial charge in [0.2, 0.25) is 0 Å². The Morgan fingerprint density at radius 1 is 1.06 bits per heavy atom. The second-order valence-electron chi connectivity index (χ2n) is 3.95. The Bertz CT molecular complexity index is 552. The van der Waals surface area contributed by atoms with Crippen molar-refractivity contribution in [3.05, 3.63) is 57.0 Å². The van der Waals surface area contributed by atoms with Gasteiger partial charge in [-0.1, -0.05) is 23.7 Å². The van der Waals surface area contributed by atoms with Gasteiger partial charge in [-0.25, -0.2) is 0 Å². The van der Waals surface area contributed by atoms with E-state index < -0.39 is 0 Å². The SMILES string of the molecule is Cc1ccc(C)c(Oc2ccc(Br)c(Cl)c2)c1. The quantitative estimate of drug-likeness (QED) is 0.710. The number of halogens is 2. The third kappa shape index (κ3) is 3.02. The lowest BCUT2D eigenvalue weighted by molar-refractivity contribution is 0.478. The average molecular weight is 312 g/mol. The first-order chi connectivity index (χ1) is 8.06. The summed E-state index contributed by atoms with van der Waals surface area (Å²) in [5.41, 5.74) is 2.28. The second kappa shape index (κ2) is 5.11. The summed E-state index contributed by atoms with van der Waals surface area (Å²) in [7, 11) is 0. The first-order valence-corrected chi connectivity index (χ1v) is 6.43. The van der Waals surface area contributed by atoms with Crippen LogP contribution >= 0.6 is 27.5 Å². The molecule has 17 heavy (non-hydrogen) atoms. The average Bonchev–Trinajstić information content (AvgIpc) is 2.29. The monoisotopic (exact) mass is 310 g/mol. The Labute approximate surface area is 115 Å². The third-order valence-corrected chi connectivity index (χ3v) is 3.70. The summed E-state index contributed by atoms with van der Waals surface area (Å²) in [5, 5.41) is 0.646. The fraction of sp³-hybridized carbons (Fsp3) is 0.143. The lowest BCUT2D eigenvalue weighted by Crippen LogP contribution is -1.88. The van der Waals surface area contributed by atoms with Crippen molar-refractivity contribution in [2.24, 2.45) is 0 Å². The third-order valence-electron chi connectivity index (χ3n) is 2.46. The van der Waals surface area contributed by atoms with Crippen molar-refractivity contribution in [3.8, 4) is 11.5 Å². The van der Waals surface area contributed by atoms with Gasteiger partial charge in [-0.2, -0.15) is 0 Å². The molecule has 2 aromatic rings. The first kappa shape index (κ1) is 12.5. The van der Waals surface area contributed by atoms with Crippen molar-refractivity contribution in [1.29, 1.82) is 0 Å². The summed E-state index contributed by atoms with van der Waals surface area (Å²) in [6.07, 6.45) is 0. The minimum Gasteiger partial charge on any atom is -0.457 e. The molecule has 0 heterocycles. The van der Waals surface area contributed by atoms with Crippen molar-refractivity contribution in [3.63, 3.8) is 0 Å². The van der Waals surface area contributed by atoms with Gasteiger partial charge in [-0.05, 0) is 59.1 Å². The molecular formula is C14H12BrClO. The fourth-order valence-corrected chi connectivity index (χ4v) is 1.90. The van der Waals surface area contributed by atoms with E-state index in [-0.39, 0.29) is 0 Å². The predicted molar refractivity (Wildman–Crippen MR) is 75.1 cm³/mol. The zero-order valence-electron chi connectivity index (χ0n) is 9.63. The minimum atomic E-state index is 0.646. The van der Waals surface area contributed by atoms with Crippen LogP contribution in [0.4, 0.5) is 0 Å². The summed E-state index contributed by atoms with van der Waals surface area (Å²) in [6.45, 7) is 4.07. The zero-order valence-corrected chi connectivity index (χ0v) is 12.0. The molecule has 2 rings (SSSR count). The molecule has 2 aromatic carbocycles. The minimum absolute atomic E-state index is 0.646. The highest BCUT2D eigenvalue weighted by molar-refractivity contribution is 9.10. The molecule has 0 aliphatic carbocycles. The summed E-state index contributed by atoms with van der Waals surface area (Å²) >= 11 is 9.38. The van der Waals surface area contributed by atoms with E-state index in [1.807, 2.05) is 38.1 Å². The van der Waals surface area contributed by atoms with Gasteiger partial charge in [0, 0.05) is 10.5 Å². The maximum atomic E-state index is 6.02. The lowest BCUT2D eigenvalue weighted by Gasteiger charge is -2.10. The van der Waals surface area contributed by atoms with Gasteiger partial charge in [-0.15, -0.1) is 0 Å². The molecule has 1 nitrogen and oxygen atoms in total. The number of benzene rings is 2. The summed E-state index contributed by atoms with van der Waals surface area (Å²) in [6, 6.07) is 11.7. The van der Waals surface area contributed by atoms with Crippen LogP contribution < -0.4 is 4.74 Å². The van der Waals surface area contributed by atoms with Gasteiger partial charge in [0.1, 0.15) is 11.5 Å². The Morgan fingerprint density at radius 3 is 2.53 bits per heavy atom. The molecular weight excluding hydrogens is 300 g/mol. The lowest BCUT2D eigenvalue weighted by atomic mass is 10.1. The van der Waals surface area contributed by atoms with Crippen LogP contribution in [-0.2, 0) is 0 Å². The zero-order chi connectivity index (χ0) is 12.4. The number of rotatable bonds is 2. The molecule has 0 amide bonds. The number of aryl methyl sites for hydroxylation is 2. The molecule has 0 aliphatic rings. The largest absolute Gasteiger partial charge is 0.457 e. The normalized spacial score (nSPS) is 10.4. The van der Waals surface area contributed by atoms with Gasteiger partial charge < -0.3 is 4.74 Å². The van der Waals surface area contributed by atoms with Gasteiger partial charge >= 0.3 is 0 Å². The molecule has 0 atom stereocenters. The van der Waals surface area contributed by atoms with Crippen molar-refractivity contribution in [2.75, 3.05) is 0 Å². The molecule has 0 spiro atoms. The first-order valence-electron chi connectivity index (χ1n) is 5.26. The molecule has 0 radical (unpaired) electrons. The van der Waals surface area contributed by atoms with E-state index >= 15 is 0 Å². The molecule has 0 saturated carbocycles. The Balaban J connectivity index is 2.31. The Morgan fingerprint density at radius 2 is 1.82 bits per heavy atom. The van der Waals surface area contributed by atoms with E-state index in [1.54, 1.807) is 6.07 Å². The van der Waals surface area contributed by atoms with E-state index in [1.165, 1.54) is 5.56 Å². The van der Waals surface area contributed by atoms with Crippen molar-refractivity contribution >= 4 is 27.5 Å². The van der Waals surface area contributed by atoms with Crippen LogP contribution in [0.25, 0.3) is 0 Å². The van der Waals surface area contributed by atoms with E-state index in [0.29, 0.717) is 5.02 Å². The van der Waals surface area contributed by atoms with E-state index in [2.05, 4.69) is 22.0 Å². The number of hydrogen-bond donors (Lipinski definition) is 0. The fourth-order valence-electron chi connectivity index (χ4n) is 1.48. The van der Waals surface area contributed by atoms with Crippen LogP contribution in [-0.4, -0.2) is 0 Å². The van der Waals surface area contributed by atoms with E-state index in [4.69, 9.17) is 16.3 Å².